The van der Waals surface area contributed by atoms with Crippen molar-refractivity contribution in [2.45, 2.75) is 33.5 Å². The van der Waals surface area contributed by atoms with Gasteiger partial charge in [-0.3, -0.25) is 19.2 Å². The molecular weight excluding hydrogens is 356 g/mol. The van der Waals surface area contributed by atoms with Crippen LogP contribution >= 0.6 is 0 Å². The zero-order valence-electron chi connectivity index (χ0n) is 16.3. The van der Waals surface area contributed by atoms with Crippen LogP contribution in [-0.4, -0.2) is 46.1 Å². The molecule has 3 N–H and O–H groups in total. The largest absolute Gasteiger partial charge is 0.374 e. The van der Waals surface area contributed by atoms with Gasteiger partial charge in [0, 0.05) is 25.2 Å². The summed E-state index contributed by atoms with van der Waals surface area (Å²) in [4.78, 5) is 26.5. The summed E-state index contributed by atoms with van der Waals surface area (Å²) in [5.41, 5.74) is 4.02. The third kappa shape index (κ3) is 4.01. The molecular formula is C20H26N6O2. The number of rotatable bonds is 5. The summed E-state index contributed by atoms with van der Waals surface area (Å²) in [5, 5.41) is 13.3. The van der Waals surface area contributed by atoms with Crippen LogP contribution in [0.1, 0.15) is 35.6 Å². The topological polar surface area (TPSA) is 91.3 Å². The van der Waals surface area contributed by atoms with Crippen LogP contribution in [0.3, 0.4) is 0 Å². The van der Waals surface area contributed by atoms with E-state index in [-0.39, 0.29) is 18.4 Å². The number of hydrogen-bond acceptors (Lipinski definition) is 5. The summed E-state index contributed by atoms with van der Waals surface area (Å²) in [6.07, 6.45) is 0. The average molecular weight is 382 g/mol. The second kappa shape index (κ2) is 7.63. The molecule has 0 radical (unpaired) electrons. The number of amides is 2. The Kier molecular flexibility index (Phi) is 5.04. The predicted octanol–water partition coefficient (Wildman–Crippen LogP) is 1.65. The molecule has 1 aromatic heterocycles. The molecule has 2 aliphatic rings. The van der Waals surface area contributed by atoms with E-state index in [9.17, 15) is 9.59 Å². The molecule has 0 atom stereocenters. The van der Waals surface area contributed by atoms with Crippen LogP contribution in [0.5, 0.6) is 0 Å². The van der Waals surface area contributed by atoms with Gasteiger partial charge in [0.05, 0.1) is 42.4 Å². The molecule has 0 spiro atoms. The van der Waals surface area contributed by atoms with E-state index in [2.05, 4.69) is 45.9 Å². The number of carbonyl (C=O) groups excluding carboxylic acids is 2. The first-order valence-electron chi connectivity index (χ1n) is 9.72. The molecule has 0 unspecified atom stereocenters. The van der Waals surface area contributed by atoms with E-state index < -0.39 is 0 Å². The number of aromatic nitrogens is 2. The monoisotopic (exact) mass is 382 g/mol. The lowest BCUT2D eigenvalue weighted by Gasteiger charge is -2.28. The van der Waals surface area contributed by atoms with Gasteiger partial charge in [-0.1, -0.05) is 13.8 Å². The summed E-state index contributed by atoms with van der Waals surface area (Å²) in [6, 6.07) is 7.32. The third-order valence-corrected chi connectivity index (χ3v) is 4.98. The van der Waals surface area contributed by atoms with Gasteiger partial charge in [0.25, 0.3) is 5.91 Å². The van der Waals surface area contributed by atoms with Crippen LogP contribution in [0.4, 0.5) is 11.4 Å². The van der Waals surface area contributed by atoms with E-state index in [0.29, 0.717) is 23.7 Å². The van der Waals surface area contributed by atoms with Gasteiger partial charge in [0.2, 0.25) is 5.91 Å². The summed E-state index contributed by atoms with van der Waals surface area (Å²) < 4.78 is 2.04. The molecule has 148 valence electrons. The summed E-state index contributed by atoms with van der Waals surface area (Å²) in [6.45, 7) is 8.96. The van der Waals surface area contributed by atoms with Gasteiger partial charge in [-0.2, -0.15) is 5.10 Å². The van der Waals surface area contributed by atoms with E-state index >= 15 is 0 Å². The Labute approximate surface area is 164 Å². The fourth-order valence-corrected chi connectivity index (χ4v) is 3.72. The number of nitrogens with zero attached hydrogens (tertiary/aromatic N) is 3. The minimum Gasteiger partial charge on any atom is -0.374 e. The minimum absolute atomic E-state index is 0.111. The Balaban J connectivity index is 1.38. The SMILES string of the molecule is CC(C)CN1CCn2nc(CNC(=O)c3ccc4c(c3)NC(=O)CN4)cc2C1. The molecule has 3 heterocycles. The van der Waals surface area contributed by atoms with Gasteiger partial charge < -0.3 is 16.0 Å². The first kappa shape index (κ1) is 18.5. The molecule has 1 aromatic carbocycles. The van der Waals surface area contributed by atoms with Crippen molar-refractivity contribution >= 4 is 23.2 Å². The molecule has 4 rings (SSSR count). The van der Waals surface area contributed by atoms with Gasteiger partial charge in [-0.15, -0.1) is 0 Å². The molecule has 0 saturated heterocycles. The quantitative estimate of drug-likeness (QED) is 0.731. The van der Waals surface area contributed by atoms with Crippen molar-refractivity contribution in [1.29, 1.82) is 0 Å². The van der Waals surface area contributed by atoms with Gasteiger partial charge in [-0.05, 0) is 30.2 Å². The van der Waals surface area contributed by atoms with Crippen LogP contribution in [0.2, 0.25) is 0 Å². The van der Waals surface area contributed by atoms with E-state index in [1.54, 1.807) is 12.1 Å². The van der Waals surface area contributed by atoms with E-state index in [0.717, 1.165) is 37.6 Å². The average Bonchev–Trinajstić information content (AvgIpc) is 3.07. The Morgan fingerprint density at radius 3 is 2.93 bits per heavy atom. The Hall–Kier alpha value is -2.87. The number of nitrogens with one attached hydrogen (secondary N) is 3. The van der Waals surface area contributed by atoms with Crippen LogP contribution in [0.15, 0.2) is 24.3 Å². The lowest BCUT2D eigenvalue weighted by molar-refractivity contribution is -0.114. The van der Waals surface area contributed by atoms with Crippen LogP contribution in [0, 0.1) is 5.92 Å². The zero-order chi connectivity index (χ0) is 19.7. The van der Waals surface area contributed by atoms with E-state index in [1.165, 1.54) is 5.69 Å². The number of benzene rings is 1. The molecule has 8 heteroatoms. The van der Waals surface area contributed by atoms with Crippen LogP contribution in [0.25, 0.3) is 0 Å². The second-order valence-electron chi connectivity index (χ2n) is 7.82. The highest BCUT2D eigenvalue weighted by molar-refractivity contribution is 6.03. The van der Waals surface area contributed by atoms with Crippen molar-refractivity contribution in [3.63, 3.8) is 0 Å². The standard InChI is InChI=1S/C20H26N6O2/c1-13(2)11-25-5-6-26-16(12-25)8-15(24-26)9-22-20(28)14-3-4-17-18(7-14)23-19(27)10-21-17/h3-4,7-8,13,21H,5-6,9-12H2,1-2H3,(H,22,28)(H,23,27). The molecule has 2 aliphatic heterocycles. The lowest BCUT2D eigenvalue weighted by Crippen LogP contribution is -2.36. The van der Waals surface area contributed by atoms with Gasteiger partial charge in [0.15, 0.2) is 0 Å². The maximum absolute atomic E-state index is 12.5. The van der Waals surface area contributed by atoms with Crippen LogP contribution in [-0.2, 0) is 24.4 Å². The molecule has 8 nitrogen and oxygen atoms in total. The Morgan fingerprint density at radius 2 is 2.11 bits per heavy atom. The summed E-state index contributed by atoms with van der Waals surface area (Å²) >= 11 is 0. The summed E-state index contributed by atoms with van der Waals surface area (Å²) in [5.74, 6) is 0.347. The minimum atomic E-state index is -0.185. The van der Waals surface area contributed by atoms with Crippen LogP contribution < -0.4 is 16.0 Å². The smallest absolute Gasteiger partial charge is 0.251 e. The molecule has 2 aromatic rings. The normalized spacial score (nSPS) is 16.2. The fourth-order valence-electron chi connectivity index (χ4n) is 3.72. The third-order valence-electron chi connectivity index (χ3n) is 4.98. The van der Waals surface area contributed by atoms with Crippen molar-refractivity contribution in [1.82, 2.24) is 20.0 Å². The number of carbonyl (C=O) groups is 2. The van der Waals surface area contributed by atoms with Crippen molar-refractivity contribution in [3.05, 3.63) is 41.2 Å². The molecule has 28 heavy (non-hydrogen) atoms. The first-order valence-corrected chi connectivity index (χ1v) is 9.72. The maximum atomic E-state index is 12.5. The summed E-state index contributed by atoms with van der Waals surface area (Å²) in [7, 11) is 0. The number of hydrogen-bond donors (Lipinski definition) is 3. The van der Waals surface area contributed by atoms with Crippen molar-refractivity contribution < 1.29 is 9.59 Å². The highest BCUT2D eigenvalue weighted by Gasteiger charge is 2.20. The Morgan fingerprint density at radius 1 is 1.25 bits per heavy atom. The van der Waals surface area contributed by atoms with Gasteiger partial charge >= 0.3 is 0 Å². The zero-order valence-corrected chi connectivity index (χ0v) is 16.3. The number of anilines is 2. The highest BCUT2D eigenvalue weighted by atomic mass is 16.2. The lowest BCUT2D eigenvalue weighted by atomic mass is 10.1. The first-order chi connectivity index (χ1) is 13.5. The fraction of sp³-hybridized carbons (Fsp3) is 0.450. The molecule has 0 fully saturated rings. The predicted molar refractivity (Wildman–Crippen MR) is 107 cm³/mol. The Bertz CT molecular complexity index is 904. The number of fused-ring (bicyclic) bond motifs is 2. The maximum Gasteiger partial charge on any atom is 0.251 e. The van der Waals surface area contributed by atoms with E-state index in [1.807, 2.05) is 10.7 Å². The van der Waals surface area contributed by atoms with Gasteiger partial charge in [0.1, 0.15) is 0 Å². The second-order valence-corrected chi connectivity index (χ2v) is 7.82. The van der Waals surface area contributed by atoms with Crippen molar-refractivity contribution in [2.24, 2.45) is 5.92 Å². The van der Waals surface area contributed by atoms with Crippen molar-refractivity contribution in [3.8, 4) is 0 Å². The van der Waals surface area contributed by atoms with E-state index in [4.69, 9.17) is 0 Å². The molecule has 2 amide bonds. The van der Waals surface area contributed by atoms with Gasteiger partial charge in [-0.25, -0.2) is 0 Å². The molecule has 0 bridgehead atoms. The molecule has 0 saturated carbocycles. The van der Waals surface area contributed by atoms with Crippen molar-refractivity contribution in [2.75, 3.05) is 30.3 Å². The highest BCUT2D eigenvalue weighted by Crippen LogP contribution is 2.25. The molecule has 0 aliphatic carbocycles.